The molecule has 3 aromatic rings. The molecule has 1 saturated heterocycles. The number of aromatic amines is 1. The van der Waals surface area contributed by atoms with Crippen LogP contribution in [0.2, 0.25) is 0 Å². The van der Waals surface area contributed by atoms with Gasteiger partial charge in [0.05, 0.1) is 25.5 Å². The lowest BCUT2D eigenvalue weighted by atomic mass is 10.0. The van der Waals surface area contributed by atoms with Crippen LogP contribution in [-0.2, 0) is 11.3 Å². The van der Waals surface area contributed by atoms with Gasteiger partial charge in [0.1, 0.15) is 5.82 Å². The van der Waals surface area contributed by atoms with Crippen molar-refractivity contribution in [3.05, 3.63) is 82.0 Å². The molecule has 0 saturated carbocycles. The number of aromatic nitrogens is 2. The summed E-state index contributed by atoms with van der Waals surface area (Å²) >= 11 is 0. The maximum absolute atomic E-state index is 13.1. The molecule has 30 heavy (non-hydrogen) atoms. The first-order valence-electron chi connectivity index (χ1n) is 9.66. The topological polar surface area (TPSA) is 87.3 Å². The van der Waals surface area contributed by atoms with Crippen molar-refractivity contribution >= 4 is 11.9 Å². The third-order valence-electron chi connectivity index (χ3n) is 4.83. The predicted molar refractivity (Wildman–Crippen MR) is 111 cm³/mol. The van der Waals surface area contributed by atoms with Gasteiger partial charge >= 0.3 is 0 Å². The standard InChI is InChI=1S/C22H21FN4O3/c23-18-6-4-15(5-7-18)16-2-1-3-17(12-16)21(29)24-14-19-13-20(28)26-22(25-19)27-8-10-30-11-9-27/h1-7,12-13H,8-11,14H2,(H,24,29)(H,25,26,28). The van der Waals surface area contributed by atoms with Crippen LogP contribution in [0.25, 0.3) is 11.1 Å². The third-order valence-corrected chi connectivity index (χ3v) is 4.83. The van der Waals surface area contributed by atoms with Crippen LogP contribution in [0.4, 0.5) is 10.3 Å². The van der Waals surface area contributed by atoms with Crippen LogP contribution in [0.3, 0.4) is 0 Å². The minimum Gasteiger partial charge on any atom is -0.378 e. The summed E-state index contributed by atoms with van der Waals surface area (Å²) in [4.78, 5) is 33.8. The van der Waals surface area contributed by atoms with Gasteiger partial charge in [-0.25, -0.2) is 9.37 Å². The van der Waals surface area contributed by atoms with Crippen LogP contribution in [0.15, 0.2) is 59.4 Å². The molecule has 1 aliphatic rings. The van der Waals surface area contributed by atoms with Crippen molar-refractivity contribution in [3.63, 3.8) is 0 Å². The van der Waals surface area contributed by atoms with E-state index >= 15 is 0 Å². The summed E-state index contributed by atoms with van der Waals surface area (Å²) in [5.41, 5.74) is 2.30. The normalized spacial score (nSPS) is 13.8. The Kier molecular flexibility index (Phi) is 5.85. The van der Waals surface area contributed by atoms with Crippen LogP contribution < -0.4 is 15.8 Å². The van der Waals surface area contributed by atoms with E-state index in [0.29, 0.717) is 43.5 Å². The second-order valence-electron chi connectivity index (χ2n) is 6.93. The van der Waals surface area contributed by atoms with Crippen molar-refractivity contribution in [2.45, 2.75) is 6.54 Å². The SMILES string of the molecule is O=C(NCc1cc(=O)[nH]c(N2CCOCC2)n1)c1cccc(-c2ccc(F)cc2)c1. The number of ether oxygens (including phenoxy) is 1. The molecule has 0 spiro atoms. The quantitative estimate of drug-likeness (QED) is 0.677. The Labute approximate surface area is 172 Å². The monoisotopic (exact) mass is 408 g/mol. The summed E-state index contributed by atoms with van der Waals surface area (Å²) in [5.74, 6) is -0.114. The number of nitrogens with zero attached hydrogens (tertiary/aromatic N) is 2. The van der Waals surface area contributed by atoms with Gasteiger partial charge in [-0.05, 0) is 35.4 Å². The number of halogens is 1. The number of rotatable bonds is 5. The molecule has 1 aliphatic heterocycles. The minimum absolute atomic E-state index is 0.126. The lowest BCUT2D eigenvalue weighted by Gasteiger charge is -2.27. The molecule has 1 fully saturated rings. The Bertz CT molecular complexity index is 1090. The molecule has 154 valence electrons. The maximum atomic E-state index is 13.1. The Morgan fingerprint density at radius 3 is 2.63 bits per heavy atom. The van der Waals surface area contributed by atoms with Gasteiger partial charge in [-0.3, -0.25) is 14.6 Å². The second kappa shape index (κ2) is 8.87. The molecule has 2 aromatic carbocycles. The van der Waals surface area contributed by atoms with Crippen molar-refractivity contribution in [1.82, 2.24) is 15.3 Å². The smallest absolute Gasteiger partial charge is 0.252 e. The van der Waals surface area contributed by atoms with E-state index in [1.165, 1.54) is 18.2 Å². The fourth-order valence-electron chi connectivity index (χ4n) is 3.26. The van der Waals surface area contributed by atoms with E-state index in [9.17, 15) is 14.0 Å². The molecule has 1 aromatic heterocycles. The highest BCUT2D eigenvalue weighted by Crippen LogP contribution is 2.21. The Hall–Kier alpha value is -3.52. The van der Waals surface area contributed by atoms with Crippen LogP contribution >= 0.6 is 0 Å². The van der Waals surface area contributed by atoms with E-state index in [1.54, 1.807) is 30.3 Å². The third kappa shape index (κ3) is 4.72. The molecule has 2 N–H and O–H groups in total. The average molecular weight is 408 g/mol. The number of benzene rings is 2. The van der Waals surface area contributed by atoms with Crippen molar-refractivity contribution in [3.8, 4) is 11.1 Å². The molecule has 1 amide bonds. The zero-order valence-electron chi connectivity index (χ0n) is 16.2. The largest absolute Gasteiger partial charge is 0.378 e. The molecule has 0 unspecified atom stereocenters. The number of H-pyrrole nitrogens is 1. The number of carbonyl (C=O) groups is 1. The van der Waals surface area contributed by atoms with Crippen LogP contribution in [0.5, 0.6) is 0 Å². The number of hydrogen-bond donors (Lipinski definition) is 2. The lowest BCUT2D eigenvalue weighted by molar-refractivity contribution is 0.0950. The first-order chi connectivity index (χ1) is 14.6. The number of anilines is 1. The number of nitrogens with one attached hydrogen (secondary N) is 2. The predicted octanol–water partition coefficient (Wildman–Crippen LogP) is 2.34. The van der Waals surface area contributed by atoms with Crippen molar-refractivity contribution in [2.75, 3.05) is 31.2 Å². The molecule has 0 atom stereocenters. The highest BCUT2D eigenvalue weighted by atomic mass is 19.1. The van der Waals surface area contributed by atoms with Gasteiger partial charge in [0.25, 0.3) is 11.5 Å². The van der Waals surface area contributed by atoms with E-state index in [0.717, 1.165) is 11.1 Å². The van der Waals surface area contributed by atoms with E-state index < -0.39 is 0 Å². The van der Waals surface area contributed by atoms with Crippen molar-refractivity contribution in [2.24, 2.45) is 0 Å². The van der Waals surface area contributed by atoms with Gasteiger partial charge < -0.3 is 15.0 Å². The van der Waals surface area contributed by atoms with E-state index in [1.807, 2.05) is 11.0 Å². The lowest BCUT2D eigenvalue weighted by Crippen LogP contribution is -2.38. The summed E-state index contributed by atoms with van der Waals surface area (Å²) in [6.45, 7) is 2.58. The number of amides is 1. The van der Waals surface area contributed by atoms with Gasteiger partial charge in [-0.2, -0.15) is 0 Å². The van der Waals surface area contributed by atoms with Crippen LogP contribution in [-0.4, -0.2) is 42.2 Å². The first kappa shape index (κ1) is 19.8. The van der Waals surface area contributed by atoms with E-state index in [2.05, 4.69) is 15.3 Å². The summed E-state index contributed by atoms with van der Waals surface area (Å²) in [5, 5.41) is 2.80. The van der Waals surface area contributed by atoms with E-state index in [-0.39, 0.29) is 23.8 Å². The second-order valence-corrected chi connectivity index (χ2v) is 6.93. The molecule has 0 radical (unpaired) electrons. The Balaban J connectivity index is 1.46. The first-order valence-corrected chi connectivity index (χ1v) is 9.66. The molecule has 8 heteroatoms. The minimum atomic E-state index is -0.311. The molecule has 4 rings (SSSR count). The summed E-state index contributed by atoms with van der Waals surface area (Å²) < 4.78 is 18.5. The van der Waals surface area contributed by atoms with Crippen molar-refractivity contribution < 1.29 is 13.9 Å². The Morgan fingerprint density at radius 1 is 1.10 bits per heavy atom. The van der Waals surface area contributed by atoms with Crippen LogP contribution in [0, 0.1) is 5.82 Å². The average Bonchev–Trinajstić information content (AvgIpc) is 2.78. The number of carbonyl (C=O) groups excluding carboxylic acids is 1. The molecule has 0 bridgehead atoms. The highest BCUT2D eigenvalue weighted by Gasteiger charge is 2.15. The van der Waals surface area contributed by atoms with E-state index in [4.69, 9.17) is 4.74 Å². The zero-order chi connectivity index (χ0) is 20.9. The molecule has 7 nitrogen and oxygen atoms in total. The summed E-state index contributed by atoms with van der Waals surface area (Å²) in [6, 6.07) is 14.5. The number of morpholine rings is 1. The molecular formula is C22H21FN4O3. The molecular weight excluding hydrogens is 387 g/mol. The Morgan fingerprint density at radius 2 is 1.87 bits per heavy atom. The van der Waals surface area contributed by atoms with Gasteiger partial charge in [-0.1, -0.05) is 24.3 Å². The number of hydrogen-bond acceptors (Lipinski definition) is 5. The van der Waals surface area contributed by atoms with Gasteiger partial charge in [-0.15, -0.1) is 0 Å². The fourth-order valence-corrected chi connectivity index (χ4v) is 3.26. The van der Waals surface area contributed by atoms with Gasteiger partial charge in [0, 0.05) is 24.7 Å². The summed E-state index contributed by atoms with van der Waals surface area (Å²) in [6.07, 6.45) is 0. The molecule has 0 aliphatic carbocycles. The fraction of sp³-hybridized carbons (Fsp3) is 0.227. The van der Waals surface area contributed by atoms with Crippen molar-refractivity contribution in [1.29, 1.82) is 0 Å². The van der Waals surface area contributed by atoms with Gasteiger partial charge in [0.15, 0.2) is 0 Å². The highest BCUT2D eigenvalue weighted by molar-refractivity contribution is 5.95. The summed E-state index contributed by atoms with van der Waals surface area (Å²) in [7, 11) is 0. The molecule has 2 heterocycles. The van der Waals surface area contributed by atoms with Gasteiger partial charge in [0.2, 0.25) is 5.95 Å². The van der Waals surface area contributed by atoms with Crippen LogP contribution in [0.1, 0.15) is 16.1 Å². The zero-order valence-corrected chi connectivity index (χ0v) is 16.2. The maximum Gasteiger partial charge on any atom is 0.252 e.